The summed E-state index contributed by atoms with van der Waals surface area (Å²) in [5.41, 5.74) is 0.913. The Bertz CT molecular complexity index is 167. The van der Waals surface area contributed by atoms with Crippen LogP contribution >= 0.6 is 11.8 Å². The molecule has 1 fully saturated rings. The van der Waals surface area contributed by atoms with Gasteiger partial charge in [0.15, 0.2) is 0 Å². The van der Waals surface area contributed by atoms with Crippen molar-refractivity contribution in [2.75, 3.05) is 0 Å². The van der Waals surface area contributed by atoms with Crippen LogP contribution in [0.15, 0.2) is 5.16 Å². The summed E-state index contributed by atoms with van der Waals surface area (Å²) in [6, 6.07) is 0. The van der Waals surface area contributed by atoms with Gasteiger partial charge < -0.3 is 5.21 Å². The highest BCUT2D eigenvalue weighted by Gasteiger charge is 2.30. The molecule has 0 aliphatic carbocycles. The van der Waals surface area contributed by atoms with Gasteiger partial charge in [-0.25, -0.2) is 0 Å². The monoisotopic (exact) mass is 172 g/mol. The van der Waals surface area contributed by atoms with Crippen LogP contribution < -0.4 is 0 Å². The van der Waals surface area contributed by atoms with E-state index < -0.39 is 0 Å². The van der Waals surface area contributed by atoms with E-state index in [1.54, 1.807) is 0 Å². The fourth-order valence-corrected chi connectivity index (χ4v) is 2.58. The van der Waals surface area contributed by atoms with Gasteiger partial charge >= 0.3 is 0 Å². The van der Waals surface area contributed by atoms with Crippen LogP contribution in [0.1, 0.15) is 20.3 Å². The topological polar surface area (TPSA) is 32.6 Å². The second kappa shape index (κ2) is 3.48. The first-order valence-corrected chi connectivity index (χ1v) is 4.78. The fourth-order valence-electron chi connectivity index (χ4n) is 1.22. The molecular weight excluding hydrogens is 158 g/mol. The van der Waals surface area contributed by atoms with E-state index in [0.717, 1.165) is 12.1 Å². The standard InChI is InChI=1S/C8H14NOS/c1-5(2)8-4-7(9-10)6(3)11-8/h5-6,8,10H,1,4H2,2-3H3. The van der Waals surface area contributed by atoms with E-state index in [-0.39, 0.29) is 0 Å². The van der Waals surface area contributed by atoms with Crippen molar-refractivity contribution in [1.29, 1.82) is 0 Å². The third-order valence-electron chi connectivity index (χ3n) is 2.02. The van der Waals surface area contributed by atoms with Gasteiger partial charge in [0.25, 0.3) is 0 Å². The molecule has 0 spiro atoms. The smallest absolute Gasteiger partial charge is 0.0708 e. The zero-order valence-electron chi connectivity index (χ0n) is 6.95. The van der Waals surface area contributed by atoms with Crippen molar-refractivity contribution in [2.45, 2.75) is 30.8 Å². The predicted octanol–water partition coefficient (Wildman–Crippen LogP) is 2.18. The largest absolute Gasteiger partial charge is 0.411 e. The maximum atomic E-state index is 8.59. The Balaban J connectivity index is 2.57. The van der Waals surface area contributed by atoms with Gasteiger partial charge in [-0.15, -0.1) is 11.8 Å². The molecular formula is C8H14NOS. The molecule has 0 aromatic rings. The minimum absolute atomic E-state index is 0.370. The lowest BCUT2D eigenvalue weighted by Gasteiger charge is -2.11. The van der Waals surface area contributed by atoms with Crippen molar-refractivity contribution in [1.82, 2.24) is 0 Å². The number of rotatable bonds is 1. The molecule has 1 saturated heterocycles. The molecule has 0 bridgehead atoms. The van der Waals surface area contributed by atoms with E-state index in [9.17, 15) is 0 Å². The SMILES string of the molecule is [CH2]C(C)C1CC(=NO)C(C)S1. The molecule has 2 nitrogen and oxygen atoms in total. The molecule has 3 unspecified atom stereocenters. The van der Waals surface area contributed by atoms with Crippen molar-refractivity contribution in [3.63, 3.8) is 0 Å². The first kappa shape index (κ1) is 8.91. The van der Waals surface area contributed by atoms with Crippen LogP contribution in [0.4, 0.5) is 0 Å². The van der Waals surface area contributed by atoms with Crippen LogP contribution in [0.25, 0.3) is 0 Å². The lowest BCUT2D eigenvalue weighted by Crippen LogP contribution is -2.08. The van der Waals surface area contributed by atoms with Crippen molar-refractivity contribution >= 4 is 17.5 Å². The number of nitrogens with zero attached hydrogens (tertiary/aromatic N) is 1. The third-order valence-corrected chi connectivity index (χ3v) is 3.68. The number of hydrogen-bond donors (Lipinski definition) is 1. The molecule has 1 rings (SSSR count). The van der Waals surface area contributed by atoms with Gasteiger partial charge in [0.2, 0.25) is 0 Å². The minimum Gasteiger partial charge on any atom is -0.411 e. The summed E-state index contributed by atoms with van der Waals surface area (Å²) in [5, 5.41) is 12.8. The lowest BCUT2D eigenvalue weighted by atomic mass is 10.0. The van der Waals surface area contributed by atoms with E-state index in [4.69, 9.17) is 5.21 Å². The Morgan fingerprint density at radius 1 is 1.82 bits per heavy atom. The Morgan fingerprint density at radius 2 is 2.45 bits per heavy atom. The highest BCUT2D eigenvalue weighted by atomic mass is 32.2. The molecule has 3 atom stereocenters. The van der Waals surface area contributed by atoms with E-state index in [0.29, 0.717) is 16.4 Å². The van der Waals surface area contributed by atoms with E-state index in [2.05, 4.69) is 25.9 Å². The summed E-state index contributed by atoms with van der Waals surface area (Å²) >= 11 is 1.85. The second-order valence-corrected chi connectivity index (χ2v) is 4.67. The highest BCUT2D eigenvalue weighted by molar-refractivity contribution is 8.01. The van der Waals surface area contributed by atoms with Crippen LogP contribution in [0, 0.1) is 12.8 Å². The van der Waals surface area contributed by atoms with Gasteiger partial charge in [0.1, 0.15) is 0 Å². The van der Waals surface area contributed by atoms with Gasteiger partial charge in [0, 0.05) is 16.9 Å². The Hall–Kier alpha value is -0.180. The first-order valence-electron chi connectivity index (χ1n) is 3.84. The third kappa shape index (κ3) is 1.89. The molecule has 3 heteroatoms. The minimum atomic E-state index is 0.370. The summed E-state index contributed by atoms with van der Waals surface area (Å²) in [7, 11) is 0. The number of hydrogen-bond acceptors (Lipinski definition) is 3. The molecule has 1 radical (unpaired) electrons. The van der Waals surface area contributed by atoms with Gasteiger partial charge in [-0.3, -0.25) is 0 Å². The van der Waals surface area contributed by atoms with E-state index in [1.165, 1.54) is 0 Å². The summed E-state index contributed by atoms with van der Waals surface area (Å²) in [4.78, 5) is 0. The summed E-state index contributed by atoms with van der Waals surface area (Å²) in [6.07, 6.45) is 0.896. The van der Waals surface area contributed by atoms with Crippen LogP contribution in [-0.4, -0.2) is 21.4 Å². The molecule has 1 N–H and O–H groups in total. The van der Waals surface area contributed by atoms with Gasteiger partial charge in [0.05, 0.1) is 5.71 Å². The van der Waals surface area contributed by atoms with Gasteiger partial charge in [-0.2, -0.15) is 0 Å². The molecule has 1 aliphatic heterocycles. The maximum absolute atomic E-state index is 8.59. The van der Waals surface area contributed by atoms with Crippen LogP contribution in [0.2, 0.25) is 0 Å². The quantitative estimate of drug-likeness (QED) is 0.485. The van der Waals surface area contributed by atoms with Gasteiger partial charge in [-0.05, 0) is 19.8 Å². The van der Waals surface area contributed by atoms with Crippen molar-refractivity contribution in [3.8, 4) is 0 Å². The average molecular weight is 172 g/mol. The lowest BCUT2D eigenvalue weighted by molar-refractivity contribution is 0.316. The molecule has 0 aromatic carbocycles. The second-order valence-electron chi connectivity index (χ2n) is 3.09. The van der Waals surface area contributed by atoms with Crippen molar-refractivity contribution < 1.29 is 5.21 Å². The molecule has 0 amide bonds. The van der Waals surface area contributed by atoms with Crippen LogP contribution in [0.3, 0.4) is 0 Å². The van der Waals surface area contributed by atoms with Crippen molar-refractivity contribution in [2.24, 2.45) is 11.1 Å². The molecule has 0 saturated carbocycles. The summed E-state index contributed by atoms with van der Waals surface area (Å²) < 4.78 is 0. The molecule has 1 aliphatic rings. The zero-order chi connectivity index (χ0) is 8.43. The van der Waals surface area contributed by atoms with Crippen molar-refractivity contribution in [3.05, 3.63) is 6.92 Å². The normalized spacial score (nSPS) is 35.5. The summed E-state index contributed by atoms with van der Waals surface area (Å²) in [5.74, 6) is 0.432. The Kier molecular flexibility index (Phi) is 2.82. The van der Waals surface area contributed by atoms with E-state index in [1.807, 2.05) is 11.8 Å². The predicted molar refractivity (Wildman–Crippen MR) is 49.2 cm³/mol. The van der Waals surface area contributed by atoms with E-state index >= 15 is 0 Å². The number of thioether (sulfide) groups is 1. The molecule has 0 aromatic heterocycles. The zero-order valence-corrected chi connectivity index (χ0v) is 7.77. The average Bonchev–Trinajstić information content (AvgIpc) is 2.31. The Labute approximate surface area is 72.1 Å². The first-order chi connectivity index (χ1) is 5.15. The molecule has 63 valence electrons. The molecule has 1 heterocycles. The Morgan fingerprint density at radius 3 is 2.73 bits per heavy atom. The highest BCUT2D eigenvalue weighted by Crippen LogP contribution is 2.35. The maximum Gasteiger partial charge on any atom is 0.0708 e. The molecule has 11 heavy (non-hydrogen) atoms. The fraction of sp³-hybridized carbons (Fsp3) is 0.750. The number of oxime groups is 1. The van der Waals surface area contributed by atoms with Crippen LogP contribution in [-0.2, 0) is 0 Å². The summed E-state index contributed by atoms with van der Waals surface area (Å²) in [6.45, 7) is 8.14. The van der Waals surface area contributed by atoms with Gasteiger partial charge in [-0.1, -0.05) is 12.1 Å². The van der Waals surface area contributed by atoms with Crippen LogP contribution in [0.5, 0.6) is 0 Å².